The van der Waals surface area contributed by atoms with E-state index in [1.54, 1.807) is 6.07 Å². The smallest absolute Gasteiger partial charge is 0.150 e. The molecule has 1 unspecified atom stereocenters. The highest BCUT2D eigenvalue weighted by atomic mass is 19.1. The molecule has 1 saturated heterocycles. The zero-order chi connectivity index (χ0) is 14.5. The van der Waals surface area contributed by atoms with Gasteiger partial charge in [-0.3, -0.25) is 4.90 Å². The molecule has 0 radical (unpaired) electrons. The van der Waals surface area contributed by atoms with Gasteiger partial charge in [0.05, 0.1) is 24.8 Å². The monoisotopic (exact) mass is 281 g/mol. The van der Waals surface area contributed by atoms with Gasteiger partial charge in [-0.05, 0) is 19.1 Å². The first-order chi connectivity index (χ1) is 9.60. The van der Waals surface area contributed by atoms with Crippen molar-refractivity contribution in [1.29, 1.82) is 5.26 Å². The fourth-order valence-corrected chi connectivity index (χ4v) is 2.24. The Kier molecular flexibility index (Phi) is 4.88. The summed E-state index contributed by atoms with van der Waals surface area (Å²) in [6, 6.07) is 3.69. The van der Waals surface area contributed by atoms with Gasteiger partial charge < -0.3 is 10.1 Å². The quantitative estimate of drug-likeness (QED) is 0.916. The molecule has 1 aliphatic heterocycles. The maximum atomic E-state index is 13.7. The predicted octanol–water partition coefficient (Wildman–Crippen LogP) is 1.97. The molecule has 0 bridgehead atoms. The standard InChI is InChI=1S/C14H17F2N3O/c1-10(9-19-2-4-20-5-3-19)18-14-12(15)6-11(8-17)7-13(14)16/h6-7,10,18H,2-5,9H2,1H3. The number of halogens is 2. The molecule has 0 saturated carbocycles. The van der Waals surface area contributed by atoms with E-state index in [2.05, 4.69) is 10.2 Å². The number of morpholine rings is 1. The Morgan fingerprint density at radius 2 is 1.95 bits per heavy atom. The highest BCUT2D eigenvalue weighted by Crippen LogP contribution is 2.21. The second kappa shape index (κ2) is 6.64. The summed E-state index contributed by atoms with van der Waals surface area (Å²) < 4.78 is 32.7. The number of rotatable bonds is 4. The van der Waals surface area contributed by atoms with E-state index in [1.165, 1.54) is 0 Å². The van der Waals surface area contributed by atoms with Crippen molar-refractivity contribution in [1.82, 2.24) is 4.90 Å². The van der Waals surface area contributed by atoms with Gasteiger partial charge in [-0.2, -0.15) is 5.26 Å². The lowest BCUT2D eigenvalue weighted by molar-refractivity contribution is 0.0368. The highest BCUT2D eigenvalue weighted by Gasteiger charge is 2.17. The number of anilines is 1. The van der Waals surface area contributed by atoms with E-state index < -0.39 is 11.6 Å². The van der Waals surface area contributed by atoms with Crippen LogP contribution < -0.4 is 5.32 Å². The number of nitriles is 1. The molecule has 2 rings (SSSR count). The number of hydrogen-bond donors (Lipinski definition) is 1. The maximum Gasteiger partial charge on any atom is 0.150 e. The fourth-order valence-electron chi connectivity index (χ4n) is 2.24. The first kappa shape index (κ1) is 14.7. The van der Waals surface area contributed by atoms with Crippen LogP contribution in [0.25, 0.3) is 0 Å². The molecule has 1 N–H and O–H groups in total. The summed E-state index contributed by atoms with van der Waals surface area (Å²) in [6.07, 6.45) is 0. The Hall–Kier alpha value is -1.71. The largest absolute Gasteiger partial charge is 0.379 e. The first-order valence-electron chi connectivity index (χ1n) is 6.56. The van der Waals surface area contributed by atoms with Crippen LogP contribution in [0.15, 0.2) is 12.1 Å². The van der Waals surface area contributed by atoms with Gasteiger partial charge in [0.2, 0.25) is 0 Å². The third-order valence-electron chi connectivity index (χ3n) is 3.20. The van der Waals surface area contributed by atoms with Crippen molar-refractivity contribution in [2.75, 3.05) is 38.2 Å². The first-order valence-corrected chi connectivity index (χ1v) is 6.56. The normalized spacial score (nSPS) is 17.5. The van der Waals surface area contributed by atoms with E-state index >= 15 is 0 Å². The minimum Gasteiger partial charge on any atom is -0.379 e. The van der Waals surface area contributed by atoms with Crippen LogP contribution in [0, 0.1) is 23.0 Å². The van der Waals surface area contributed by atoms with Crippen molar-refractivity contribution in [3.8, 4) is 6.07 Å². The van der Waals surface area contributed by atoms with Gasteiger partial charge >= 0.3 is 0 Å². The van der Waals surface area contributed by atoms with Crippen LogP contribution in [-0.2, 0) is 4.74 Å². The topological polar surface area (TPSA) is 48.3 Å². The third-order valence-corrected chi connectivity index (χ3v) is 3.20. The molecule has 0 amide bonds. The van der Waals surface area contributed by atoms with E-state index in [9.17, 15) is 8.78 Å². The molecule has 4 nitrogen and oxygen atoms in total. The number of nitrogens with one attached hydrogen (secondary N) is 1. The molecular formula is C14H17F2N3O. The molecule has 1 fully saturated rings. The molecule has 20 heavy (non-hydrogen) atoms. The van der Waals surface area contributed by atoms with Gasteiger partial charge in [0.1, 0.15) is 5.69 Å². The number of benzene rings is 1. The molecule has 108 valence electrons. The van der Waals surface area contributed by atoms with Crippen LogP contribution in [0.5, 0.6) is 0 Å². The molecule has 0 aliphatic carbocycles. The minimum absolute atomic E-state index is 0.0219. The lowest BCUT2D eigenvalue weighted by atomic mass is 10.2. The summed E-state index contributed by atoms with van der Waals surface area (Å²) in [7, 11) is 0. The molecule has 1 atom stereocenters. The van der Waals surface area contributed by atoms with E-state index in [-0.39, 0.29) is 17.3 Å². The second-order valence-corrected chi connectivity index (χ2v) is 4.89. The summed E-state index contributed by atoms with van der Waals surface area (Å²) in [5, 5.41) is 11.5. The number of hydrogen-bond acceptors (Lipinski definition) is 4. The predicted molar refractivity (Wildman–Crippen MR) is 71.4 cm³/mol. The molecule has 1 heterocycles. The van der Waals surface area contributed by atoms with Gasteiger partial charge in [-0.1, -0.05) is 0 Å². The SMILES string of the molecule is CC(CN1CCOCC1)Nc1c(F)cc(C#N)cc1F. The Labute approximate surface area is 116 Å². The Morgan fingerprint density at radius 3 is 2.50 bits per heavy atom. The van der Waals surface area contributed by atoms with Gasteiger partial charge in [-0.15, -0.1) is 0 Å². The lowest BCUT2D eigenvalue weighted by Crippen LogP contribution is -2.42. The molecule has 0 spiro atoms. The summed E-state index contributed by atoms with van der Waals surface area (Å²) in [4.78, 5) is 2.18. The van der Waals surface area contributed by atoms with Crippen LogP contribution in [0.3, 0.4) is 0 Å². The van der Waals surface area contributed by atoms with E-state index in [0.717, 1.165) is 25.2 Å². The Bertz CT molecular complexity index is 487. The minimum atomic E-state index is -0.740. The highest BCUT2D eigenvalue weighted by molar-refractivity contribution is 5.50. The van der Waals surface area contributed by atoms with Gasteiger partial charge in [0.25, 0.3) is 0 Å². The van der Waals surface area contributed by atoms with Gasteiger partial charge in [-0.25, -0.2) is 8.78 Å². The van der Waals surface area contributed by atoms with Crippen molar-refractivity contribution in [2.24, 2.45) is 0 Å². The average molecular weight is 281 g/mol. The van der Waals surface area contributed by atoms with Crippen molar-refractivity contribution in [3.05, 3.63) is 29.3 Å². The van der Waals surface area contributed by atoms with Crippen LogP contribution in [-0.4, -0.2) is 43.8 Å². The molecule has 1 aliphatic rings. The maximum absolute atomic E-state index is 13.7. The van der Waals surface area contributed by atoms with Crippen molar-refractivity contribution in [3.63, 3.8) is 0 Å². The van der Waals surface area contributed by atoms with Crippen LogP contribution >= 0.6 is 0 Å². The van der Waals surface area contributed by atoms with Crippen molar-refractivity contribution < 1.29 is 13.5 Å². The molecule has 1 aromatic carbocycles. The molecule has 6 heteroatoms. The summed E-state index contributed by atoms with van der Waals surface area (Å²) >= 11 is 0. The van der Waals surface area contributed by atoms with Crippen molar-refractivity contribution in [2.45, 2.75) is 13.0 Å². The molecule has 0 aromatic heterocycles. The number of nitrogens with zero attached hydrogens (tertiary/aromatic N) is 2. The average Bonchev–Trinajstić information content (AvgIpc) is 2.43. The summed E-state index contributed by atoms with van der Waals surface area (Å²) in [6.45, 7) is 5.57. The Morgan fingerprint density at radius 1 is 1.35 bits per heavy atom. The zero-order valence-electron chi connectivity index (χ0n) is 11.3. The lowest BCUT2D eigenvalue weighted by Gasteiger charge is -2.29. The fraction of sp³-hybridized carbons (Fsp3) is 0.500. The van der Waals surface area contributed by atoms with Crippen molar-refractivity contribution >= 4 is 5.69 Å². The van der Waals surface area contributed by atoms with E-state index in [0.29, 0.717) is 19.8 Å². The molecular weight excluding hydrogens is 264 g/mol. The van der Waals surface area contributed by atoms with Gasteiger partial charge in [0.15, 0.2) is 11.6 Å². The van der Waals surface area contributed by atoms with Crippen LogP contribution in [0.1, 0.15) is 12.5 Å². The summed E-state index contributed by atoms with van der Waals surface area (Å²) in [5.74, 6) is -1.48. The van der Waals surface area contributed by atoms with Crippen LogP contribution in [0.4, 0.5) is 14.5 Å². The summed E-state index contributed by atoms with van der Waals surface area (Å²) in [5.41, 5.74) is -0.198. The second-order valence-electron chi connectivity index (χ2n) is 4.89. The van der Waals surface area contributed by atoms with E-state index in [1.807, 2.05) is 6.92 Å². The third kappa shape index (κ3) is 3.65. The van der Waals surface area contributed by atoms with Crippen LogP contribution in [0.2, 0.25) is 0 Å². The number of ether oxygens (including phenoxy) is 1. The zero-order valence-corrected chi connectivity index (χ0v) is 11.3. The Balaban J connectivity index is 2.00. The van der Waals surface area contributed by atoms with E-state index in [4.69, 9.17) is 10.00 Å². The van der Waals surface area contributed by atoms with Gasteiger partial charge in [0, 0.05) is 25.7 Å². The molecule has 1 aromatic rings.